The van der Waals surface area contributed by atoms with Gasteiger partial charge in [0.1, 0.15) is 5.75 Å². The molecule has 0 saturated heterocycles. The molecule has 1 aliphatic heterocycles. The lowest BCUT2D eigenvalue weighted by atomic mass is 9.84. The minimum absolute atomic E-state index is 0.0753. The number of carbonyl (C=O) groups is 1. The number of anilines is 1. The van der Waals surface area contributed by atoms with Crippen molar-refractivity contribution in [2.24, 2.45) is 5.84 Å². The molecule has 0 aliphatic carbocycles. The first-order chi connectivity index (χ1) is 9.03. The molecule has 1 heterocycles. The molecule has 0 fully saturated rings. The van der Waals surface area contributed by atoms with Gasteiger partial charge in [0.25, 0.3) is 5.91 Å². The van der Waals surface area contributed by atoms with Crippen molar-refractivity contribution in [3.8, 4) is 5.75 Å². The number of hydrazine groups is 1. The maximum Gasteiger partial charge on any atom is 0.262 e. The standard InChI is InChI=1S/C13H20N4O2/c1-13(2,7-15-8-16-14)9-3-4-11-10(5-9)17-12(18)6-19-11/h3-5,15-16H,6-8,14H2,1-2H3,(H,17,18). The van der Waals surface area contributed by atoms with Crippen molar-refractivity contribution in [3.05, 3.63) is 23.8 Å². The van der Waals surface area contributed by atoms with Crippen LogP contribution in [-0.4, -0.2) is 25.7 Å². The van der Waals surface area contributed by atoms with Gasteiger partial charge in [-0.15, -0.1) is 0 Å². The molecule has 19 heavy (non-hydrogen) atoms. The lowest BCUT2D eigenvalue weighted by Gasteiger charge is -2.28. The summed E-state index contributed by atoms with van der Waals surface area (Å²) in [6.45, 7) is 5.66. The smallest absolute Gasteiger partial charge is 0.262 e. The Morgan fingerprint density at radius 2 is 2.26 bits per heavy atom. The highest BCUT2D eigenvalue weighted by Crippen LogP contribution is 2.33. The molecule has 104 valence electrons. The van der Waals surface area contributed by atoms with Crippen molar-refractivity contribution >= 4 is 11.6 Å². The summed E-state index contributed by atoms with van der Waals surface area (Å²) in [6, 6.07) is 5.88. The molecule has 0 spiro atoms. The number of benzene rings is 1. The van der Waals surface area contributed by atoms with E-state index in [9.17, 15) is 4.79 Å². The lowest BCUT2D eigenvalue weighted by molar-refractivity contribution is -0.118. The highest BCUT2D eigenvalue weighted by Gasteiger charge is 2.23. The summed E-state index contributed by atoms with van der Waals surface area (Å²) in [7, 11) is 0. The van der Waals surface area contributed by atoms with Crippen LogP contribution in [0.15, 0.2) is 18.2 Å². The molecule has 0 saturated carbocycles. The van der Waals surface area contributed by atoms with Crippen LogP contribution in [0.1, 0.15) is 19.4 Å². The van der Waals surface area contributed by atoms with E-state index >= 15 is 0 Å². The summed E-state index contributed by atoms with van der Waals surface area (Å²) in [5, 5.41) is 6.03. The van der Waals surface area contributed by atoms with Crippen LogP contribution >= 0.6 is 0 Å². The Morgan fingerprint density at radius 3 is 3.00 bits per heavy atom. The van der Waals surface area contributed by atoms with E-state index in [1.54, 1.807) is 0 Å². The van der Waals surface area contributed by atoms with E-state index in [-0.39, 0.29) is 17.9 Å². The van der Waals surface area contributed by atoms with Crippen molar-refractivity contribution < 1.29 is 9.53 Å². The molecule has 5 N–H and O–H groups in total. The van der Waals surface area contributed by atoms with Crippen LogP contribution in [0.2, 0.25) is 0 Å². The Morgan fingerprint density at radius 1 is 1.47 bits per heavy atom. The molecule has 0 aromatic heterocycles. The number of fused-ring (bicyclic) bond motifs is 1. The molecule has 2 rings (SSSR count). The fourth-order valence-electron chi connectivity index (χ4n) is 2.05. The van der Waals surface area contributed by atoms with Gasteiger partial charge in [-0.25, -0.2) is 5.43 Å². The largest absolute Gasteiger partial charge is 0.482 e. The summed E-state index contributed by atoms with van der Waals surface area (Å²) in [6.07, 6.45) is 0. The number of hydrogen-bond donors (Lipinski definition) is 4. The minimum Gasteiger partial charge on any atom is -0.482 e. The summed E-state index contributed by atoms with van der Waals surface area (Å²) in [4.78, 5) is 11.3. The third kappa shape index (κ3) is 3.23. The predicted molar refractivity (Wildman–Crippen MR) is 73.8 cm³/mol. The number of carbonyl (C=O) groups excluding carboxylic acids is 1. The second-order valence-electron chi connectivity index (χ2n) is 5.24. The van der Waals surface area contributed by atoms with Gasteiger partial charge in [-0.2, -0.15) is 0 Å². The molecule has 0 atom stereocenters. The number of hydrogen-bond acceptors (Lipinski definition) is 5. The fourth-order valence-corrected chi connectivity index (χ4v) is 2.05. The van der Waals surface area contributed by atoms with Gasteiger partial charge in [0.15, 0.2) is 6.61 Å². The number of ether oxygens (including phenoxy) is 1. The number of nitrogens with one attached hydrogen (secondary N) is 3. The van der Waals surface area contributed by atoms with Gasteiger partial charge in [0.05, 0.1) is 12.4 Å². The number of rotatable bonds is 5. The van der Waals surface area contributed by atoms with E-state index in [1.165, 1.54) is 0 Å². The topological polar surface area (TPSA) is 88.4 Å². The Bertz CT molecular complexity index is 474. The second-order valence-corrected chi connectivity index (χ2v) is 5.24. The molecule has 0 radical (unpaired) electrons. The third-order valence-electron chi connectivity index (χ3n) is 3.19. The van der Waals surface area contributed by atoms with Crippen LogP contribution < -0.4 is 26.6 Å². The van der Waals surface area contributed by atoms with Crippen LogP contribution in [0.3, 0.4) is 0 Å². The van der Waals surface area contributed by atoms with Gasteiger partial charge in [0, 0.05) is 12.0 Å². The molecule has 0 unspecified atom stereocenters. The maximum absolute atomic E-state index is 11.3. The monoisotopic (exact) mass is 264 g/mol. The van der Waals surface area contributed by atoms with E-state index in [0.29, 0.717) is 6.67 Å². The van der Waals surface area contributed by atoms with Crippen molar-refractivity contribution in [2.45, 2.75) is 19.3 Å². The van der Waals surface area contributed by atoms with E-state index in [1.807, 2.05) is 18.2 Å². The van der Waals surface area contributed by atoms with Crippen LogP contribution in [0.4, 0.5) is 5.69 Å². The van der Waals surface area contributed by atoms with Gasteiger partial charge >= 0.3 is 0 Å². The minimum atomic E-state index is -0.118. The average molecular weight is 264 g/mol. The van der Waals surface area contributed by atoms with Gasteiger partial charge in [-0.3, -0.25) is 10.6 Å². The van der Waals surface area contributed by atoms with E-state index in [0.717, 1.165) is 23.5 Å². The Labute approximate surface area is 112 Å². The second kappa shape index (κ2) is 5.56. The number of amides is 1. The van der Waals surface area contributed by atoms with Gasteiger partial charge < -0.3 is 15.4 Å². The zero-order valence-corrected chi connectivity index (χ0v) is 11.2. The molecule has 0 bridgehead atoms. The van der Waals surface area contributed by atoms with Crippen molar-refractivity contribution in [3.63, 3.8) is 0 Å². The zero-order chi connectivity index (χ0) is 13.9. The molecule has 1 aliphatic rings. The first-order valence-electron chi connectivity index (χ1n) is 6.24. The lowest BCUT2D eigenvalue weighted by Crippen LogP contribution is -2.40. The molecular formula is C13H20N4O2. The van der Waals surface area contributed by atoms with Crippen LogP contribution in [0.5, 0.6) is 5.75 Å². The summed E-state index contributed by atoms with van der Waals surface area (Å²) in [5.41, 5.74) is 4.35. The Kier molecular flexibility index (Phi) is 4.04. The summed E-state index contributed by atoms with van der Waals surface area (Å²) < 4.78 is 5.35. The van der Waals surface area contributed by atoms with Crippen molar-refractivity contribution in [1.29, 1.82) is 0 Å². The Balaban J connectivity index is 2.16. The molecular weight excluding hydrogens is 244 g/mol. The average Bonchev–Trinajstić information content (AvgIpc) is 2.38. The molecule has 1 aromatic carbocycles. The summed E-state index contributed by atoms with van der Waals surface area (Å²) in [5.74, 6) is 5.83. The first-order valence-corrected chi connectivity index (χ1v) is 6.24. The van der Waals surface area contributed by atoms with Gasteiger partial charge in [-0.1, -0.05) is 19.9 Å². The quantitative estimate of drug-likeness (QED) is 0.266. The highest BCUT2D eigenvalue weighted by atomic mass is 16.5. The van der Waals surface area contributed by atoms with Crippen LogP contribution in [0.25, 0.3) is 0 Å². The summed E-state index contributed by atoms with van der Waals surface area (Å²) >= 11 is 0. The zero-order valence-electron chi connectivity index (χ0n) is 11.2. The number of nitrogens with two attached hydrogens (primary N) is 1. The van der Waals surface area contributed by atoms with Crippen molar-refractivity contribution in [2.75, 3.05) is 25.1 Å². The van der Waals surface area contributed by atoms with Gasteiger partial charge in [-0.05, 0) is 17.7 Å². The molecule has 1 amide bonds. The molecule has 1 aromatic rings. The fraction of sp³-hybridized carbons (Fsp3) is 0.462. The SMILES string of the molecule is CC(C)(CNCNN)c1ccc2c(c1)NC(=O)CO2. The van der Waals surface area contributed by atoms with E-state index in [4.69, 9.17) is 10.6 Å². The van der Waals surface area contributed by atoms with E-state index in [2.05, 4.69) is 29.9 Å². The third-order valence-corrected chi connectivity index (χ3v) is 3.19. The Hall–Kier alpha value is -1.63. The van der Waals surface area contributed by atoms with Gasteiger partial charge in [0.2, 0.25) is 0 Å². The maximum atomic E-state index is 11.3. The molecule has 6 nitrogen and oxygen atoms in total. The first kappa shape index (κ1) is 13.8. The molecule has 6 heteroatoms. The van der Waals surface area contributed by atoms with E-state index < -0.39 is 0 Å². The van der Waals surface area contributed by atoms with Crippen molar-refractivity contribution in [1.82, 2.24) is 10.7 Å². The predicted octanol–water partition coefficient (Wildman–Crippen LogP) is 0.306. The van der Waals surface area contributed by atoms with Crippen LogP contribution in [-0.2, 0) is 10.2 Å². The normalized spacial score (nSPS) is 14.6. The highest BCUT2D eigenvalue weighted by molar-refractivity contribution is 5.95. The van der Waals surface area contributed by atoms with Crippen LogP contribution in [0, 0.1) is 0 Å².